The molecule has 7 aliphatic rings. The van der Waals surface area contributed by atoms with E-state index >= 15 is 0 Å². The predicted molar refractivity (Wildman–Crippen MR) is 266 cm³/mol. The molecule has 2 amide bonds. The van der Waals surface area contributed by atoms with Crippen LogP contribution in [0.1, 0.15) is 13.8 Å². The molecule has 516 valence electrons. The third-order valence-corrected chi connectivity index (χ3v) is 16.0. The third kappa shape index (κ3) is 16.2. The largest absolute Gasteiger partial charge is 0.479 e. The van der Waals surface area contributed by atoms with Gasteiger partial charge < -0.3 is 174 Å². The Bertz CT molecular complexity index is 2410. The Morgan fingerprint density at radius 3 is 0.978 bits per heavy atom. The van der Waals surface area contributed by atoms with Crippen molar-refractivity contribution in [1.82, 2.24) is 10.6 Å². The van der Waals surface area contributed by atoms with Crippen molar-refractivity contribution in [3.05, 3.63) is 0 Å². The van der Waals surface area contributed by atoms with Crippen molar-refractivity contribution in [1.29, 1.82) is 0 Å². The number of hydrogen-bond donors (Lipinski definition) is 23. The van der Waals surface area contributed by atoms with E-state index in [9.17, 15) is 129 Å². The SMILES string of the molecule is CC(=O)N[C@H]1[C@H](O[C@H]2[C@@H](O)[C@@H](CO)O[C@@H](O[C@H]3[C@H](O)[C@@H](O)[C@H](O)O[C@@H]3CO)[C@@H]2O)O[C@H](CO)[C@@H](O[C@@H]2O[C@H](CO)[C@H](O)[C@H](O[C@@H]3O[C@H](CO)[C@@H](O[C@H]4O[C@H](CO)[C@H](O)[C@H](O[C@@H]5O[C@H](C(=O)O)[C@@H](O)[C@H](OS(=O)(=O)O)[C@H]5O)[C@H]4O)[C@H](O)[C@H]3NC(C)=O)[C@H]2O)[C@@H]1O. The summed E-state index contributed by atoms with van der Waals surface area (Å²) in [7, 11) is -5.54. The van der Waals surface area contributed by atoms with Crippen molar-refractivity contribution in [3.8, 4) is 0 Å². The number of carbonyl (C=O) groups excluding carboxylic acids is 2. The number of rotatable bonds is 23. The number of carboxylic acid groups (broad SMARTS) is 1. The van der Waals surface area contributed by atoms with Gasteiger partial charge in [-0.2, -0.15) is 8.42 Å². The molecule has 0 saturated carbocycles. The highest BCUT2D eigenvalue weighted by Crippen LogP contribution is 2.38. The molecule has 7 saturated heterocycles. The lowest BCUT2D eigenvalue weighted by Gasteiger charge is -2.51. The predicted octanol–water partition coefficient (Wildman–Crippen LogP) is -16.1. The number of hydrogen-bond acceptors (Lipinski definition) is 38. The van der Waals surface area contributed by atoms with Crippen LogP contribution >= 0.6 is 0 Å². The van der Waals surface area contributed by atoms with Gasteiger partial charge in [0.1, 0.15) is 165 Å². The highest BCUT2D eigenvalue weighted by molar-refractivity contribution is 7.80. The van der Waals surface area contributed by atoms with E-state index in [4.69, 9.17) is 61.6 Å². The lowest BCUT2D eigenvalue weighted by molar-refractivity contribution is -0.389. The monoisotopic (exact) mass is 1330 g/mol. The number of carboxylic acids is 1. The maximum absolute atomic E-state index is 12.7. The van der Waals surface area contributed by atoms with Crippen LogP contribution in [0, 0.1) is 0 Å². The Balaban J connectivity index is 1.08. The Kier molecular flexibility index (Phi) is 25.6. The molecule has 0 radical (unpaired) electrons. The Morgan fingerprint density at radius 1 is 0.360 bits per heavy atom. The van der Waals surface area contributed by atoms with Crippen LogP contribution in [0.2, 0.25) is 0 Å². The van der Waals surface area contributed by atoms with Crippen LogP contribution in [0.4, 0.5) is 0 Å². The van der Waals surface area contributed by atoms with E-state index in [0.29, 0.717) is 0 Å². The van der Waals surface area contributed by atoms with Gasteiger partial charge in [-0.3, -0.25) is 14.1 Å². The summed E-state index contributed by atoms with van der Waals surface area (Å²) < 4.78 is 110. The maximum atomic E-state index is 12.7. The topological polar surface area (TPSA) is 663 Å². The second kappa shape index (κ2) is 31.0. The molecule has 7 aliphatic heterocycles. The summed E-state index contributed by atoms with van der Waals surface area (Å²) in [6.07, 6.45) is -69.7. The van der Waals surface area contributed by atoms with Crippen molar-refractivity contribution in [3.63, 3.8) is 0 Å². The molecule has 7 rings (SSSR count). The molecule has 0 bridgehead atoms. The number of aliphatic carboxylic acids is 1. The van der Waals surface area contributed by atoms with Gasteiger partial charge in [0, 0.05) is 13.8 Å². The quantitative estimate of drug-likeness (QED) is 0.0422. The van der Waals surface area contributed by atoms with Gasteiger partial charge in [-0.1, -0.05) is 0 Å². The number of nitrogens with one attached hydrogen (secondary N) is 2. The number of carbonyl (C=O) groups is 3. The number of ether oxygens (including phenoxy) is 13. The maximum Gasteiger partial charge on any atom is 0.397 e. The summed E-state index contributed by atoms with van der Waals surface area (Å²) >= 11 is 0. The summed E-state index contributed by atoms with van der Waals surface area (Å²) in [6.45, 7) is -4.64. The summed E-state index contributed by atoms with van der Waals surface area (Å²) in [6, 6.07) is -3.81. The van der Waals surface area contributed by atoms with Gasteiger partial charge in [0.05, 0.1) is 39.6 Å². The molecule has 0 aromatic heterocycles. The average molecular weight is 1330 g/mol. The first kappa shape index (κ1) is 73.4. The minimum Gasteiger partial charge on any atom is -0.479 e. The lowest BCUT2D eigenvalue weighted by Crippen LogP contribution is -2.71. The normalized spacial score (nSPS) is 48.3. The standard InChI is InChI=1S/C46H76N2O40S/c1-9(55)47-17-22(60)31(15(7-53)79-42(17)85-35-20(58)12(4-50)78-45(28(35)66)83-33-14(6-52)75-40(71)25(63)24(33)62)81-43-27(65)34(19(57)11(3-49)76-43)84-41-18(48-10(2)56)23(61)32(16(8-54)80-41)82-44-29(67)36(21(59)13(5-51)77-44)86-46-30(68)37(88-89(72,73)74)26(64)38(87-46)39(69)70/h11-38,40-46,49-54,57-68,71H,3-8H2,1-2H3,(H,47,55)(H,48,56)(H,69,70)(H,72,73,74)/t11-,12-,13-,14-,15-,16-,17-,18-,19+,20+,21+,22-,23-,24-,25-,26+,27-,28-,29-,30-,31-,32-,33-,34+,35+,36+,37+,38+,40-,41+,42+,43+,44-,45+,46-/m1/s1. The van der Waals surface area contributed by atoms with Gasteiger partial charge in [-0.05, 0) is 0 Å². The first-order chi connectivity index (χ1) is 41.8. The van der Waals surface area contributed by atoms with Crippen LogP contribution in [0.15, 0.2) is 0 Å². The third-order valence-electron chi connectivity index (χ3n) is 15.5. The fourth-order valence-electron chi connectivity index (χ4n) is 11.0. The van der Waals surface area contributed by atoms with Crippen molar-refractivity contribution < 1.29 is 195 Å². The van der Waals surface area contributed by atoms with E-state index in [1.54, 1.807) is 0 Å². The smallest absolute Gasteiger partial charge is 0.397 e. The molecule has 89 heavy (non-hydrogen) atoms. The van der Waals surface area contributed by atoms with Crippen molar-refractivity contribution in [2.24, 2.45) is 0 Å². The highest BCUT2D eigenvalue weighted by atomic mass is 32.3. The lowest BCUT2D eigenvalue weighted by atomic mass is 9.93. The zero-order valence-electron chi connectivity index (χ0n) is 46.5. The molecular weight excluding hydrogens is 1250 g/mol. The Morgan fingerprint density at radius 2 is 0.652 bits per heavy atom. The van der Waals surface area contributed by atoms with Crippen molar-refractivity contribution in [2.45, 2.75) is 229 Å². The fourth-order valence-corrected chi connectivity index (χ4v) is 11.5. The Hall–Kier alpha value is -3.00. The summed E-state index contributed by atoms with van der Waals surface area (Å²) in [5.74, 6) is -3.87. The van der Waals surface area contributed by atoms with Crippen LogP contribution < -0.4 is 10.6 Å². The number of aliphatic hydroxyl groups is 19. The molecule has 35 atom stereocenters. The van der Waals surface area contributed by atoms with Gasteiger partial charge in [0.25, 0.3) is 0 Å². The van der Waals surface area contributed by atoms with E-state index in [1.165, 1.54) is 0 Å². The minimum absolute atomic E-state index is 0.911. The number of aliphatic hydroxyl groups excluding tert-OH is 19. The zero-order chi connectivity index (χ0) is 66.0. The van der Waals surface area contributed by atoms with E-state index in [2.05, 4.69) is 14.8 Å². The summed E-state index contributed by atoms with van der Waals surface area (Å²) in [4.78, 5) is 37.3. The van der Waals surface area contributed by atoms with Crippen LogP contribution in [-0.4, -0.2) is 387 Å². The highest BCUT2D eigenvalue weighted by Gasteiger charge is 2.60. The van der Waals surface area contributed by atoms with Crippen molar-refractivity contribution >= 4 is 28.2 Å². The van der Waals surface area contributed by atoms with E-state index in [-0.39, 0.29) is 0 Å². The Labute approximate surface area is 501 Å². The summed E-state index contributed by atoms with van der Waals surface area (Å²) in [5.41, 5.74) is 0. The molecule has 0 aliphatic carbocycles. The van der Waals surface area contributed by atoms with Crippen molar-refractivity contribution in [2.75, 3.05) is 39.6 Å². The molecule has 43 heteroatoms. The first-order valence-electron chi connectivity index (χ1n) is 27.3. The van der Waals surface area contributed by atoms with Gasteiger partial charge >= 0.3 is 16.4 Å². The van der Waals surface area contributed by atoms with Crippen LogP contribution in [0.5, 0.6) is 0 Å². The van der Waals surface area contributed by atoms with E-state index in [0.717, 1.165) is 13.8 Å². The zero-order valence-corrected chi connectivity index (χ0v) is 47.3. The van der Waals surface area contributed by atoms with Gasteiger partial charge in [0.2, 0.25) is 11.8 Å². The second-order valence-electron chi connectivity index (χ2n) is 21.6. The molecule has 7 fully saturated rings. The second-order valence-corrected chi connectivity index (χ2v) is 22.6. The average Bonchev–Trinajstić information content (AvgIpc) is 0.849. The van der Waals surface area contributed by atoms with Gasteiger partial charge in [-0.15, -0.1) is 0 Å². The molecule has 0 aromatic carbocycles. The minimum atomic E-state index is -5.54. The van der Waals surface area contributed by atoms with Crippen LogP contribution in [-0.2, 0) is 90.5 Å². The van der Waals surface area contributed by atoms with Gasteiger partial charge in [-0.25, -0.2) is 8.98 Å². The fraction of sp³-hybridized carbons (Fsp3) is 0.935. The van der Waals surface area contributed by atoms with Crippen LogP contribution in [0.3, 0.4) is 0 Å². The van der Waals surface area contributed by atoms with E-state index < -0.39 is 283 Å². The molecule has 23 N–H and O–H groups in total. The first-order valence-corrected chi connectivity index (χ1v) is 28.7. The molecule has 7 heterocycles. The number of amides is 2. The molecule has 0 unspecified atom stereocenters. The molecule has 42 nitrogen and oxygen atoms in total. The van der Waals surface area contributed by atoms with Crippen LogP contribution in [0.25, 0.3) is 0 Å². The molecular formula is C46H76N2O40S. The van der Waals surface area contributed by atoms with Gasteiger partial charge in [0.15, 0.2) is 50.1 Å². The van der Waals surface area contributed by atoms with E-state index in [1.807, 2.05) is 0 Å². The summed E-state index contributed by atoms with van der Waals surface area (Å²) in [5, 5.41) is 221. The molecule has 0 spiro atoms. The molecule has 0 aromatic rings.